The predicted molar refractivity (Wildman–Crippen MR) is 89.5 cm³/mol. The number of nitrogens with one attached hydrogen (secondary N) is 1. The van der Waals surface area contributed by atoms with Crippen LogP contribution in [0.2, 0.25) is 0 Å². The number of esters is 3. The van der Waals surface area contributed by atoms with Crippen molar-refractivity contribution < 1.29 is 28.6 Å². The summed E-state index contributed by atoms with van der Waals surface area (Å²) in [5, 5.41) is -1.36. The van der Waals surface area contributed by atoms with E-state index in [0.717, 1.165) is 17.8 Å². The Labute approximate surface area is 151 Å². The molecule has 1 aromatic heterocycles. The molecule has 0 aliphatic carbocycles. The summed E-state index contributed by atoms with van der Waals surface area (Å²) in [5.41, 5.74) is -1.28. The topological polar surface area (TPSA) is 134 Å². The van der Waals surface area contributed by atoms with Gasteiger partial charge in [0.2, 0.25) is 0 Å². The molecular formula is C15H18N2O8S. The summed E-state index contributed by atoms with van der Waals surface area (Å²) in [6.07, 6.45) is -0.691. The van der Waals surface area contributed by atoms with Crippen LogP contribution < -0.4 is 11.2 Å². The van der Waals surface area contributed by atoms with Gasteiger partial charge in [-0.25, -0.2) is 4.79 Å². The highest BCUT2D eigenvalue weighted by molar-refractivity contribution is 8.00. The molecule has 1 aliphatic rings. The number of carbonyl (C=O) groups excluding carboxylic acids is 3. The van der Waals surface area contributed by atoms with Gasteiger partial charge in [0.05, 0.1) is 5.25 Å². The van der Waals surface area contributed by atoms with Crippen LogP contribution >= 0.6 is 11.8 Å². The summed E-state index contributed by atoms with van der Waals surface area (Å²) < 4.78 is 16.7. The van der Waals surface area contributed by atoms with Crippen molar-refractivity contribution >= 4 is 29.7 Å². The Morgan fingerprint density at radius 3 is 2.23 bits per heavy atom. The normalized spacial score (nSPS) is 24.7. The van der Waals surface area contributed by atoms with Crippen LogP contribution in [0, 0.1) is 0 Å². The number of H-pyrrole nitrogens is 1. The van der Waals surface area contributed by atoms with E-state index in [4.69, 9.17) is 14.2 Å². The standard InChI is InChI=1S/C15H18N2O8S/c1-7(18)23-6-10-12(24-8(2)19)13(25-9(3)20)14(26-10)17-5-4-11(21)16-15(17)22/h4-5,10,12-14H,6H2,1-3H3,(H,16,21,22)/t10-,12?,13?,14-/m1/s1. The SMILES string of the molecule is CC(=O)OC[C@H]1S[C@@H](n2ccc(=O)[nH]c2=O)C(OC(C)=O)C1OC(C)=O. The number of thioether (sulfide) groups is 1. The second-order valence-electron chi connectivity index (χ2n) is 5.53. The third kappa shape index (κ3) is 4.75. The molecule has 1 saturated heterocycles. The zero-order chi connectivity index (χ0) is 19.4. The molecule has 0 amide bonds. The van der Waals surface area contributed by atoms with Crippen molar-refractivity contribution in [2.45, 2.75) is 43.6 Å². The van der Waals surface area contributed by atoms with Crippen molar-refractivity contribution in [2.75, 3.05) is 6.61 Å². The van der Waals surface area contributed by atoms with E-state index in [9.17, 15) is 24.0 Å². The molecule has 0 bridgehead atoms. The number of rotatable bonds is 5. The van der Waals surface area contributed by atoms with Gasteiger partial charge in [-0.05, 0) is 0 Å². The van der Waals surface area contributed by atoms with E-state index in [1.165, 1.54) is 31.5 Å². The molecular weight excluding hydrogens is 368 g/mol. The molecule has 1 N–H and O–H groups in total. The van der Waals surface area contributed by atoms with E-state index in [1.54, 1.807) is 0 Å². The van der Waals surface area contributed by atoms with E-state index in [-0.39, 0.29) is 6.61 Å². The van der Waals surface area contributed by atoms with E-state index in [1.807, 2.05) is 0 Å². The number of hydrogen-bond donors (Lipinski definition) is 1. The molecule has 1 fully saturated rings. The highest BCUT2D eigenvalue weighted by atomic mass is 32.2. The minimum Gasteiger partial charge on any atom is -0.465 e. The van der Waals surface area contributed by atoms with Crippen molar-refractivity contribution in [1.82, 2.24) is 9.55 Å². The van der Waals surface area contributed by atoms with Gasteiger partial charge >= 0.3 is 23.6 Å². The monoisotopic (exact) mass is 386 g/mol. The first kappa shape index (κ1) is 19.8. The molecule has 0 radical (unpaired) electrons. The number of ether oxygens (including phenoxy) is 3. The molecule has 142 valence electrons. The maximum atomic E-state index is 12.1. The lowest BCUT2D eigenvalue weighted by Crippen LogP contribution is -2.42. The van der Waals surface area contributed by atoms with Crippen LogP contribution in [-0.2, 0) is 28.6 Å². The minimum absolute atomic E-state index is 0.107. The van der Waals surface area contributed by atoms with Crippen molar-refractivity contribution in [3.05, 3.63) is 33.1 Å². The van der Waals surface area contributed by atoms with Crippen LogP contribution in [0.4, 0.5) is 0 Å². The number of carbonyl (C=O) groups is 3. The third-order valence-corrected chi connectivity index (χ3v) is 4.99. The third-order valence-electron chi connectivity index (χ3n) is 3.47. The highest BCUT2D eigenvalue weighted by Crippen LogP contribution is 2.44. The lowest BCUT2D eigenvalue weighted by atomic mass is 10.1. The van der Waals surface area contributed by atoms with Gasteiger partial charge in [-0.15, -0.1) is 11.8 Å². The van der Waals surface area contributed by atoms with Crippen LogP contribution in [0.15, 0.2) is 21.9 Å². The Hall–Kier alpha value is -2.56. The smallest absolute Gasteiger partial charge is 0.329 e. The zero-order valence-corrected chi connectivity index (χ0v) is 15.1. The first-order valence-corrected chi connectivity index (χ1v) is 8.58. The molecule has 26 heavy (non-hydrogen) atoms. The molecule has 2 rings (SSSR count). The van der Waals surface area contributed by atoms with Crippen LogP contribution in [0.25, 0.3) is 0 Å². The largest absolute Gasteiger partial charge is 0.465 e. The van der Waals surface area contributed by atoms with Gasteiger partial charge in [0.1, 0.15) is 12.0 Å². The number of nitrogens with zero attached hydrogens (tertiary/aromatic N) is 1. The average Bonchev–Trinajstić information content (AvgIpc) is 2.82. The van der Waals surface area contributed by atoms with Crippen molar-refractivity contribution in [3.63, 3.8) is 0 Å². The summed E-state index contributed by atoms with van der Waals surface area (Å²) >= 11 is 1.14. The molecule has 0 aromatic carbocycles. The van der Waals surface area contributed by atoms with Gasteiger partial charge in [0.15, 0.2) is 12.2 Å². The summed E-state index contributed by atoms with van der Waals surface area (Å²) in [6, 6.07) is 1.15. The van der Waals surface area contributed by atoms with Crippen LogP contribution in [0.5, 0.6) is 0 Å². The van der Waals surface area contributed by atoms with Gasteiger partial charge in [-0.1, -0.05) is 0 Å². The fourth-order valence-electron chi connectivity index (χ4n) is 2.54. The van der Waals surface area contributed by atoms with Crippen molar-refractivity contribution in [3.8, 4) is 0 Å². The Balaban J connectivity index is 2.41. The van der Waals surface area contributed by atoms with E-state index >= 15 is 0 Å². The first-order chi connectivity index (χ1) is 12.2. The quantitative estimate of drug-likeness (QED) is 0.529. The van der Waals surface area contributed by atoms with Crippen LogP contribution in [-0.4, -0.2) is 51.5 Å². The summed E-state index contributed by atoms with van der Waals surface area (Å²) in [6.45, 7) is 3.50. The van der Waals surface area contributed by atoms with E-state index in [0.29, 0.717) is 0 Å². The predicted octanol–water partition coefficient (Wildman–Crippen LogP) is -0.423. The Morgan fingerprint density at radius 1 is 1.08 bits per heavy atom. The zero-order valence-electron chi connectivity index (χ0n) is 14.3. The fraction of sp³-hybridized carbons (Fsp3) is 0.533. The fourth-order valence-corrected chi connectivity index (χ4v) is 4.08. The molecule has 0 saturated carbocycles. The van der Waals surface area contributed by atoms with E-state index < -0.39 is 52.0 Å². The Kier molecular flexibility index (Phi) is 6.24. The van der Waals surface area contributed by atoms with Gasteiger partial charge < -0.3 is 14.2 Å². The Morgan fingerprint density at radius 2 is 1.69 bits per heavy atom. The minimum atomic E-state index is -1.01. The first-order valence-electron chi connectivity index (χ1n) is 7.63. The second kappa shape index (κ2) is 8.21. The summed E-state index contributed by atoms with van der Waals surface area (Å²) in [4.78, 5) is 59.6. The molecule has 2 unspecified atom stereocenters. The highest BCUT2D eigenvalue weighted by Gasteiger charge is 2.50. The number of aromatic nitrogens is 2. The molecule has 4 atom stereocenters. The maximum absolute atomic E-state index is 12.1. The van der Waals surface area contributed by atoms with Gasteiger partial charge in [0.25, 0.3) is 5.56 Å². The molecule has 0 spiro atoms. The second-order valence-corrected chi connectivity index (χ2v) is 6.89. The Bertz CT molecular complexity index is 816. The van der Waals surface area contributed by atoms with Crippen LogP contribution in [0.1, 0.15) is 26.1 Å². The molecule has 1 aliphatic heterocycles. The lowest BCUT2D eigenvalue weighted by molar-refractivity contribution is -0.166. The molecule has 11 heteroatoms. The molecule has 10 nitrogen and oxygen atoms in total. The maximum Gasteiger partial charge on any atom is 0.329 e. The van der Waals surface area contributed by atoms with Crippen molar-refractivity contribution in [2.24, 2.45) is 0 Å². The lowest BCUT2D eigenvalue weighted by Gasteiger charge is -2.25. The van der Waals surface area contributed by atoms with Crippen LogP contribution in [0.3, 0.4) is 0 Å². The van der Waals surface area contributed by atoms with Gasteiger partial charge in [-0.3, -0.25) is 28.7 Å². The average molecular weight is 386 g/mol. The number of aromatic amines is 1. The summed E-state index contributed by atoms with van der Waals surface area (Å²) in [5.74, 6) is -1.78. The molecule has 2 heterocycles. The molecule has 1 aromatic rings. The van der Waals surface area contributed by atoms with E-state index in [2.05, 4.69) is 4.98 Å². The summed E-state index contributed by atoms with van der Waals surface area (Å²) in [7, 11) is 0. The van der Waals surface area contributed by atoms with Gasteiger partial charge in [0, 0.05) is 33.0 Å². The number of hydrogen-bond acceptors (Lipinski definition) is 9. The van der Waals surface area contributed by atoms with Crippen molar-refractivity contribution in [1.29, 1.82) is 0 Å². The van der Waals surface area contributed by atoms with Gasteiger partial charge in [-0.2, -0.15) is 0 Å².